The van der Waals surface area contributed by atoms with Gasteiger partial charge < -0.3 is 9.64 Å². The Labute approximate surface area is 204 Å². The van der Waals surface area contributed by atoms with Crippen LogP contribution in [0.25, 0.3) is 6.08 Å². The molecule has 1 unspecified atom stereocenters. The highest BCUT2D eigenvalue weighted by molar-refractivity contribution is 7.89. The van der Waals surface area contributed by atoms with Crippen LogP contribution >= 0.6 is 11.6 Å². The number of piperidine rings is 1. The number of sulfonamides is 1. The number of rotatable bonds is 4. The van der Waals surface area contributed by atoms with Crippen LogP contribution in [0, 0.1) is 6.92 Å². The highest BCUT2D eigenvalue weighted by atomic mass is 35.5. The predicted octanol–water partition coefficient (Wildman–Crippen LogP) is 4.35. The number of carbonyl (C=O) groups is 2. The summed E-state index contributed by atoms with van der Waals surface area (Å²) < 4.78 is 30.1. The molecule has 1 spiro atoms. The van der Waals surface area contributed by atoms with Crippen molar-refractivity contribution in [2.24, 2.45) is 0 Å². The van der Waals surface area contributed by atoms with Gasteiger partial charge in [-0.1, -0.05) is 48.0 Å². The van der Waals surface area contributed by atoms with Gasteiger partial charge >= 0.3 is 6.09 Å². The van der Waals surface area contributed by atoms with Gasteiger partial charge in [-0.3, -0.25) is 4.79 Å². The zero-order valence-corrected chi connectivity index (χ0v) is 20.7. The van der Waals surface area contributed by atoms with Crippen LogP contribution in [0.2, 0.25) is 5.02 Å². The van der Waals surface area contributed by atoms with Crippen molar-refractivity contribution in [3.05, 3.63) is 75.8 Å². The summed E-state index contributed by atoms with van der Waals surface area (Å²) in [6, 6.07) is 13.3. The molecule has 0 radical (unpaired) electrons. The molecule has 2 aliphatic rings. The number of carbonyl (C=O) groups excluding carboxylic acids is 2. The minimum absolute atomic E-state index is 0.0455. The highest BCUT2D eigenvalue weighted by Crippen LogP contribution is 2.54. The number of amides is 2. The standard InChI is InChI=1S/C25H27ClN2O5S/c1-17-6-3-4-7-18(17)10-11-22(29)28-14-12-25(13-15-28)16-21(33-24(30)27-34(2,31)32)19-8-5-9-20(26)23(19)25/h3-11,21H,12-16H2,1-2H3,(H,27,30)/b11-10+. The Balaban J connectivity index is 1.48. The third-order valence-corrected chi connectivity index (χ3v) is 7.50. The van der Waals surface area contributed by atoms with Gasteiger partial charge in [0.25, 0.3) is 0 Å². The van der Waals surface area contributed by atoms with Crippen molar-refractivity contribution >= 4 is 39.7 Å². The van der Waals surface area contributed by atoms with Gasteiger partial charge in [-0.05, 0) is 60.6 Å². The van der Waals surface area contributed by atoms with E-state index in [9.17, 15) is 18.0 Å². The molecule has 180 valence electrons. The third-order valence-electron chi connectivity index (χ3n) is 6.64. The molecule has 9 heteroatoms. The summed E-state index contributed by atoms with van der Waals surface area (Å²) in [5, 5.41) is 0.589. The topological polar surface area (TPSA) is 92.8 Å². The number of benzene rings is 2. The van der Waals surface area contributed by atoms with Gasteiger partial charge in [-0.15, -0.1) is 0 Å². The van der Waals surface area contributed by atoms with E-state index in [0.29, 0.717) is 37.4 Å². The number of hydrogen-bond donors (Lipinski definition) is 1. The molecule has 0 bridgehead atoms. The van der Waals surface area contributed by atoms with Crippen LogP contribution < -0.4 is 4.72 Å². The number of nitrogens with one attached hydrogen (secondary N) is 1. The smallest absolute Gasteiger partial charge is 0.421 e. The Bertz CT molecular complexity index is 1250. The third kappa shape index (κ3) is 5.13. The average Bonchev–Trinajstić information content (AvgIpc) is 3.06. The number of halogens is 1. The number of nitrogens with zero attached hydrogens (tertiary/aromatic N) is 1. The van der Waals surface area contributed by atoms with E-state index in [1.165, 1.54) is 0 Å². The fourth-order valence-corrected chi connectivity index (χ4v) is 5.73. The average molecular weight is 503 g/mol. The Morgan fingerprint density at radius 2 is 1.85 bits per heavy atom. The Hall–Kier alpha value is -2.84. The first kappa shape index (κ1) is 24.3. The minimum atomic E-state index is -3.73. The number of hydrogen-bond acceptors (Lipinski definition) is 5. The Morgan fingerprint density at radius 1 is 1.15 bits per heavy atom. The molecule has 34 heavy (non-hydrogen) atoms. The second-order valence-corrected chi connectivity index (χ2v) is 11.1. The molecule has 1 fully saturated rings. The van der Waals surface area contributed by atoms with Gasteiger partial charge in [0.05, 0.1) is 6.26 Å². The first-order valence-electron chi connectivity index (χ1n) is 11.1. The summed E-state index contributed by atoms with van der Waals surface area (Å²) >= 11 is 6.59. The lowest BCUT2D eigenvalue weighted by atomic mass is 9.73. The van der Waals surface area contributed by atoms with Crippen molar-refractivity contribution in [1.82, 2.24) is 9.62 Å². The molecule has 0 saturated carbocycles. The molecular weight excluding hydrogens is 476 g/mol. The summed E-state index contributed by atoms with van der Waals surface area (Å²) in [6.45, 7) is 3.10. The maximum absolute atomic E-state index is 12.8. The maximum Gasteiger partial charge on any atom is 0.421 e. The van der Waals surface area contributed by atoms with E-state index < -0.39 is 22.2 Å². The van der Waals surface area contributed by atoms with Crippen LogP contribution in [0.5, 0.6) is 0 Å². The van der Waals surface area contributed by atoms with E-state index in [-0.39, 0.29) is 11.3 Å². The molecule has 1 saturated heterocycles. The van der Waals surface area contributed by atoms with Crippen molar-refractivity contribution in [3.8, 4) is 0 Å². The first-order valence-corrected chi connectivity index (χ1v) is 13.3. The lowest BCUT2D eigenvalue weighted by Gasteiger charge is -2.40. The predicted molar refractivity (Wildman–Crippen MR) is 131 cm³/mol. The molecule has 1 atom stereocenters. The summed E-state index contributed by atoms with van der Waals surface area (Å²) in [4.78, 5) is 26.8. The van der Waals surface area contributed by atoms with E-state index in [4.69, 9.17) is 16.3 Å². The summed E-state index contributed by atoms with van der Waals surface area (Å²) in [7, 11) is -3.73. The van der Waals surface area contributed by atoms with Gasteiger partial charge in [0.2, 0.25) is 15.9 Å². The lowest BCUT2D eigenvalue weighted by Crippen LogP contribution is -2.44. The minimum Gasteiger partial charge on any atom is -0.441 e. The SMILES string of the molecule is Cc1ccccc1/C=C/C(=O)N1CCC2(CC1)CC(OC(=O)NS(C)(=O)=O)c1cccc(Cl)c12. The van der Waals surface area contributed by atoms with Crippen LogP contribution in [0.4, 0.5) is 4.79 Å². The van der Waals surface area contributed by atoms with Crippen molar-refractivity contribution < 1.29 is 22.7 Å². The molecule has 0 aromatic heterocycles. The first-order chi connectivity index (χ1) is 16.1. The normalized spacial score (nSPS) is 19.3. The van der Waals surface area contributed by atoms with Crippen molar-refractivity contribution in [1.29, 1.82) is 0 Å². The molecule has 1 aliphatic heterocycles. The van der Waals surface area contributed by atoms with E-state index in [2.05, 4.69) is 0 Å². The second kappa shape index (κ2) is 9.43. The maximum atomic E-state index is 12.8. The van der Waals surface area contributed by atoms with Crippen LogP contribution in [0.15, 0.2) is 48.5 Å². The molecule has 7 nitrogen and oxygen atoms in total. The molecule has 2 aromatic carbocycles. The van der Waals surface area contributed by atoms with Gasteiger partial charge in [-0.2, -0.15) is 0 Å². The zero-order valence-electron chi connectivity index (χ0n) is 19.1. The monoisotopic (exact) mass is 502 g/mol. The van der Waals surface area contributed by atoms with Crippen LogP contribution in [0.3, 0.4) is 0 Å². The number of aryl methyl sites for hydroxylation is 1. The van der Waals surface area contributed by atoms with E-state index >= 15 is 0 Å². The van der Waals surface area contributed by atoms with E-state index in [1.54, 1.807) is 12.1 Å². The molecule has 1 aliphatic carbocycles. The Morgan fingerprint density at radius 3 is 2.53 bits per heavy atom. The molecule has 2 amide bonds. The van der Waals surface area contributed by atoms with Crippen LogP contribution in [-0.2, 0) is 25.0 Å². The van der Waals surface area contributed by atoms with Gasteiger partial charge in [-0.25, -0.2) is 17.9 Å². The molecule has 4 rings (SSSR count). The molecule has 1 N–H and O–H groups in total. The van der Waals surface area contributed by atoms with Gasteiger partial charge in [0, 0.05) is 29.6 Å². The van der Waals surface area contributed by atoms with Crippen molar-refractivity contribution in [2.75, 3.05) is 19.3 Å². The van der Waals surface area contributed by atoms with Gasteiger partial charge in [0.15, 0.2) is 0 Å². The van der Waals surface area contributed by atoms with Crippen molar-refractivity contribution in [2.45, 2.75) is 37.7 Å². The second-order valence-electron chi connectivity index (χ2n) is 8.97. The van der Waals surface area contributed by atoms with E-state index in [1.807, 2.05) is 59.0 Å². The number of ether oxygens (including phenoxy) is 1. The largest absolute Gasteiger partial charge is 0.441 e. The fraction of sp³-hybridized carbons (Fsp3) is 0.360. The van der Waals surface area contributed by atoms with Crippen LogP contribution in [0.1, 0.15) is 47.6 Å². The fourth-order valence-electron chi connectivity index (χ4n) is 4.99. The highest BCUT2D eigenvalue weighted by Gasteiger charge is 2.48. The lowest BCUT2D eigenvalue weighted by molar-refractivity contribution is -0.127. The number of fused-ring (bicyclic) bond motifs is 2. The summed E-state index contributed by atoms with van der Waals surface area (Å²) in [6.07, 6.45) is 4.55. The number of likely N-dealkylation sites (tertiary alicyclic amines) is 1. The summed E-state index contributed by atoms with van der Waals surface area (Å²) in [5.41, 5.74) is 3.48. The Kier molecular flexibility index (Phi) is 6.73. The zero-order chi connectivity index (χ0) is 24.5. The molecule has 1 heterocycles. The molecule has 2 aromatic rings. The quantitative estimate of drug-likeness (QED) is 0.627. The van der Waals surface area contributed by atoms with Crippen molar-refractivity contribution in [3.63, 3.8) is 0 Å². The van der Waals surface area contributed by atoms with Gasteiger partial charge in [0.1, 0.15) is 6.10 Å². The van der Waals surface area contributed by atoms with Crippen LogP contribution in [-0.4, -0.2) is 44.7 Å². The molecular formula is C25H27ClN2O5S. The summed E-state index contributed by atoms with van der Waals surface area (Å²) in [5.74, 6) is -0.0455. The van der Waals surface area contributed by atoms with E-state index in [0.717, 1.165) is 28.5 Å².